The van der Waals surface area contributed by atoms with Crippen LogP contribution in [-0.2, 0) is 22.6 Å². The van der Waals surface area contributed by atoms with E-state index in [1.165, 1.54) is 12.1 Å². The van der Waals surface area contributed by atoms with Gasteiger partial charge in [0.2, 0.25) is 0 Å². The van der Waals surface area contributed by atoms with Gasteiger partial charge in [0.05, 0.1) is 17.3 Å². The third-order valence-electron chi connectivity index (χ3n) is 4.50. The average molecular weight is 463 g/mol. The second kappa shape index (κ2) is 10.3. The van der Waals surface area contributed by atoms with E-state index in [1.807, 2.05) is 11.4 Å². The summed E-state index contributed by atoms with van der Waals surface area (Å²) in [6.45, 7) is -0.0417. The van der Waals surface area contributed by atoms with E-state index in [2.05, 4.69) is 4.98 Å². The van der Waals surface area contributed by atoms with Crippen LogP contribution in [0.25, 0.3) is 0 Å². The molecular formula is C23H18ClF3N2O3. The van der Waals surface area contributed by atoms with Crippen molar-refractivity contribution in [2.24, 2.45) is 0 Å². The lowest BCUT2D eigenvalue weighted by molar-refractivity contribution is -0.174. The van der Waals surface area contributed by atoms with Crippen molar-refractivity contribution in [1.82, 2.24) is 10.3 Å². The smallest absolute Gasteiger partial charge is 0.457 e. The predicted octanol–water partition coefficient (Wildman–Crippen LogP) is 5.05. The van der Waals surface area contributed by atoms with Gasteiger partial charge in [0.1, 0.15) is 11.8 Å². The lowest BCUT2D eigenvalue weighted by atomic mass is 9.99. The summed E-state index contributed by atoms with van der Waals surface area (Å²) in [7, 11) is 0. The molecule has 1 N–H and O–H groups in total. The highest BCUT2D eigenvalue weighted by molar-refractivity contribution is 6.29. The Balaban J connectivity index is 1.92. The molecule has 1 aromatic heterocycles. The molecule has 3 aromatic rings. The first-order valence-corrected chi connectivity index (χ1v) is 9.91. The fourth-order valence-corrected chi connectivity index (χ4v) is 3.15. The molecule has 32 heavy (non-hydrogen) atoms. The van der Waals surface area contributed by atoms with Gasteiger partial charge in [-0.1, -0.05) is 72.3 Å². The van der Waals surface area contributed by atoms with Gasteiger partial charge in [-0.25, -0.2) is 9.78 Å². The van der Waals surface area contributed by atoms with Gasteiger partial charge in [-0.15, -0.1) is 0 Å². The molecule has 0 radical (unpaired) electrons. The van der Waals surface area contributed by atoms with Gasteiger partial charge in [-0.05, 0) is 29.7 Å². The molecule has 1 amide bonds. The highest BCUT2D eigenvalue weighted by Crippen LogP contribution is 2.26. The van der Waals surface area contributed by atoms with Gasteiger partial charge in [-0.3, -0.25) is 4.79 Å². The molecule has 9 heteroatoms. The molecular weight excluding hydrogens is 445 g/mol. The number of benzene rings is 2. The van der Waals surface area contributed by atoms with Crippen LogP contribution in [0, 0.1) is 0 Å². The fraction of sp³-hybridized carbons (Fsp3) is 0.174. The number of carbonyl (C=O) groups excluding carboxylic acids is 2. The minimum Gasteiger partial charge on any atom is -0.457 e. The molecule has 0 aliphatic heterocycles. The van der Waals surface area contributed by atoms with E-state index in [0.717, 1.165) is 5.56 Å². The molecule has 5 nitrogen and oxygen atoms in total. The molecule has 0 fully saturated rings. The Hall–Kier alpha value is -3.39. The highest BCUT2D eigenvalue weighted by atomic mass is 35.5. The molecule has 166 valence electrons. The second-order valence-electron chi connectivity index (χ2n) is 6.84. The largest absolute Gasteiger partial charge is 0.471 e. The Labute approximate surface area is 187 Å². The molecule has 3 rings (SSSR count). The van der Waals surface area contributed by atoms with Crippen LogP contribution in [0.3, 0.4) is 0 Å². The number of hydrogen-bond donors (Lipinski definition) is 1. The molecule has 0 saturated heterocycles. The zero-order valence-corrected chi connectivity index (χ0v) is 17.4. The summed E-state index contributed by atoms with van der Waals surface area (Å²) in [6.07, 6.45) is -5.16. The van der Waals surface area contributed by atoms with Crippen molar-refractivity contribution in [3.05, 3.63) is 100 Å². The van der Waals surface area contributed by atoms with E-state index in [1.54, 1.807) is 54.6 Å². The molecule has 2 aromatic carbocycles. The summed E-state index contributed by atoms with van der Waals surface area (Å²) in [5.41, 5.74) is 1.16. The predicted molar refractivity (Wildman–Crippen MR) is 112 cm³/mol. The summed E-state index contributed by atoms with van der Waals surface area (Å²) in [5.74, 6) is -2.95. The summed E-state index contributed by atoms with van der Waals surface area (Å²) < 4.78 is 44.2. The molecule has 0 aliphatic rings. The maximum Gasteiger partial charge on any atom is 0.471 e. The monoisotopic (exact) mass is 462 g/mol. The number of pyridine rings is 1. The Bertz CT molecular complexity index is 1080. The SMILES string of the molecule is O=C(OCc1ccccc1)c1ccc(Cl)nc1[C@H](Cc1ccccc1)NC(=O)C(F)(F)F. The van der Waals surface area contributed by atoms with Crippen molar-refractivity contribution in [1.29, 1.82) is 0 Å². The van der Waals surface area contributed by atoms with Gasteiger partial charge in [0.15, 0.2) is 0 Å². The van der Waals surface area contributed by atoms with E-state index in [-0.39, 0.29) is 29.4 Å². The zero-order chi connectivity index (χ0) is 23.1. The number of rotatable bonds is 7. The van der Waals surface area contributed by atoms with E-state index < -0.39 is 24.1 Å². The molecule has 1 atom stereocenters. The average Bonchev–Trinajstić information content (AvgIpc) is 2.77. The molecule has 0 saturated carbocycles. The molecule has 0 aliphatic carbocycles. The summed E-state index contributed by atoms with van der Waals surface area (Å²) in [4.78, 5) is 28.5. The number of hydrogen-bond acceptors (Lipinski definition) is 4. The Morgan fingerprint density at radius 1 is 0.938 bits per heavy atom. The maximum atomic E-state index is 13.0. The lowest BCUT2D eigenvalue weighted by Crippen LogP contribution is -2.40. The first-order valence-electron chi connectivity index (χ1n) is 9.53. The number of nitrogens with one attached hydrogen (secondary N) is 1. The third-order valence-corrected chi connectivity index (χ3v) is 4.71. The zero-order valence-electron chi connectivity index (χ0n) is 16.6. The Morgan fingerprint density at radius 3 is 2.12 bits per heavy atom. The minimum atomic E-state index is -5.11. The molecule has 0 spiro atoms. The second-order valence-corrected chi connectivity index (χ2v) is 7.23. The van der Waals surface area contributed by atoms with Crippen molar-refractivity contribution < 1.29 is 27.5 Å². The van der Waals surface area contributed by atoms with E-state index in [0.29, 0.717) is 5.56 Å². The van der Waals surface area contributed by atoms with Crippen LogP contribution in [0.5, 0.6) is 0 Å². The minimum absolute atomic E-state index is 0.0417. The van der Waals surface area contributed by atoms with Gasteiger partial charge in [0, 0.05) is 0 Å². The number of amides is 1. The van der Waals surface area contributed by atoms with Gasteiger partial charge < -0.3 is 10.1 Å². The number of ether oxygens (including phenoxy) is 1. The number of carbonyl (C=O) groups is 2. The van der Waals surface area contributed by atoms with Crippen LogP contribution in [0.4, 0.5) is 13.2 Å². The first-order chi connectivity index (χ1) is 15.2. The van der Waals surface area contributed by atoms with Crippen molar-refractivity contribution in [2.75, 3.05) is 0 Å². The third kappa shape index (κ3) is 6.31. The molecule has 1 heterocycles. The van der Waals surface area contributed by atoms with Crippen molar-refractivity contribution >= 4 is 23.5 Å². The lowest BCUT2D eigenvalue weighted by Gasteiger charge is -2.21. The van der Waals surface area contributed by atoms with Crippen LogP contribution in [0.15, 0.2) is 72.8 Å². The standard InChI is InChI=1S/C23H18ClF3N2O3/c24-19-12-11-17(21(30)32-14-16-9-5-2-6-10-16)20(29-19)18(28-22(31)23(25,26)27)13-15-7-3-1-4-8-15/h1-12,18H,13-14H2,(H,28,31)/t18-/m0/s1. The van der Waals surface area contributed by atoms with Crippen molar-refractivity contribution in [3.8, 4) is 0 Å². The van der Waals surface area contributed by atoms with Crippen LogP contribution in [0.1, 0.15) is 33.2 Å². The highest BCUT2D eigenvalue weighted by Gasteiger charge is 2.40. The van der Waals surface area contributed by atoms with E-state index >= 15 is 0 Å². The quantitative estimate of drug-likeness (QED) is 0.394. The van der Waals surface area contributed by atoms with Crippen molar-refractivity contribution in [3.63, 3.8) is 0 Å². The molecule has 0 unspecified atom stereocenters. The topological polar surface area (TPSA) is 68.3 Å². The van der Waals surface area contributed by atoms with Gasteiger partial charge in [0.25, 0.3) is 0 Å². The van der Waals surface area contributed by atoms with Crippen LogP contribution in [0.2, 0.25) is 5.15 Å². The summed E-state index contributed by atoms with van der Waals surface area (Å²) >= 11 is 5.97. The molecule has 0 bridgehead atoms. The summed E-state index contributed by atoms with van der Waals surface area (Å²) in [5, 5.41) is 1.88. The fourth-order valence-electron chi connectivity index (χ4n) is 3.00. The maximum absolute atomic E-state index is 13.0. The number of aromatic nitrogens is 1. The van der Waals surface area contributed by atoms with Crippen LogP contribution >= 0.6 is 11.6 Å². The normalized spacial score (nSPS) is 12.1. The first kappa shape index (κ1) is 23.3. The van der Waals surface area contributed by atoms with Crippen LogP contribution < -0.4 is 5.32 Å². The Kier molecular flexibility index (Phi) is 7.48. The Morgan fingerprint density at radius 2 is 1.53 bits per heavy atom. The number of halogens is 4. The summed E-state index contributed by atoms with van der Waals surface area (Å²) in [6, 6.07) is 18.8. The van der Waals surface area contributed by atoms with Gasteiger partial charge in [-0.2, -0.15) is 13.2 Å². The number of esters is 1. The van der Waals surface area contributed by atoms with E-state index in [4.69, 9.17) is 16.3 Å². The van der Waals surface area contributed by atoms with E-state index in [9.17, 15) is 22.8 Å². The van der Waals surface area contributed by atoms with Crippen molar-refractivity contribution in [2.45, 2.75) is 25.2 Å². The van der Waals surface area contributed by atoms with Gasteiger partial charge >= 0.3 is 18.1 Å². The number of alkyl halides is 3. The van der Waals surface area contributed by atoms with Crippen LogP contribution in [-0.4, -0.2) is 23.0 Å². The number of nitrogens with zero attached hydrogens (tertiary/aromatic N) is 1.